The van der Waals surface area contributed by atoms with Crippen molar-refractivity contribution in [3.05, 3.63) is 52.1 Å². The zero-order valence-electron chi connectivity index (χ0n) is 15.2. The van der Waals surface area contributed by atoms with E-state index < -0.39 is 11.7 Å². The number of aromatic nitrogens is 4. The van der Waals surface area contributed by atoms with Gasteiger partial charge in [-0.2, -0.15) is 9.67 Å². The Balaban J connectivity index is 1.91. The minimum absolute atomic E-state index is 0.224. The van der Waals surface area contributed by atoms with Crippen molar-refractivity contribution in [3.8, 4) is 0 Å². The SMILES string of the molecule is Cc1ccc(Nc2cc(C)n3c(=O)n(CC(=O)OC(C)C)nc3n2)cc1. The van der Waals surface area contributed by atoms with E-state index in [0.29, 0.717) is 11.5 Å². The quantitative estimate of drug-likeness (QED) is 0.706. The Morgan fingerprint density at radius 1 is 1.23 bits per heavy atom. The van der Waals surface area contributed by atoms with Gasteiger partial charge in [-0.25, -0.2) is 9.20 Å². The van der Waals surface area contributed by atoms with E-state index in [9.17, 15) is 9.59 Å². The van der Waals surface area contributed by atoms with Crippen molar-refractivity contribution in [1.29, 1.82) is 0 Å². The molecular formula is C18H21N5O3. The lowest BCUT2D eigenvalue weighted by Crippen LogP contribution is -2.27. The van der Waals surface area contributed by atoms with E-state index in [4.69, 9.17) is 4.74 Å². The van der Waals surface area contributed by atoms with Gasteiger partial charge in [0.15, 0.2) is 0 Å². The first-order chi connectivity index (χ1) is 12.3. The van der Waals surface area contributed by atoms with Crippen LogP contribution in [0.1, 0.15) is 25.1 Å². The molecule has 2 aromatic heterocycles. The Kier molecular flexibility index (Phi) is 4.75. The lowest BCUT2D eigenvalue weighted by atomic mass is 10.2. The number of hydrogen-bond donors (Lipinski definition) is 1. The molecule has 0 radical (unpaired) electrons. The van der Waals surface area contributed by atoms with Crippen molar-refractivity contribution in [2.24, 2.45) is 0 Å². The molecule has 0 fully saturated rings. The van der Waals surface area contributed by atoms with Gasteiger partial charge in [0.05, 0.1) is 6.10 Å². The number of ether oxygens (including phenoxy) is 1. The number of nitrogens with one attached hydrogen (secondary N) is 1. The zero-order chi connectivity index (χ0) is 18.8. The van der Waals surface area contributed by atoms with Crippen LogP contribution in [0.25, 0.3) is 5.78 Å². The molecule has 3 rings (SSSR count). The molecule has 8 nitrogen and oxygen atoms in total. The van der Waals surface area contributed by atoms with Crippen LogP contribution in [-0.2, 0) is 16.1 Å². The lowest BCUT2D eigenvalue weighted by Gasteiger charge is -2.07. The molecule has 0 amide bonds. The van der Waals surface area contributed by atoms with Gasteiger partial charge < -0.3 is 10.1 Å². The second-order valence-corrected chi connectivity index (χ2v) is 6.39. The highest BCUT2D eigenvalue weighted by Gasteiger charge is 2.15. The second-order valence-electron chi connectivity index (χ2n) is 6.39. The fourth-order valence-corrected chi connectivity index (χ4v) is 2.55. The number of anilines is 2. The summed E-state index contributed by atoms with van der Waals surface area (Å²) in [6.07, 6.45) is -0.250. The van der Waals surface area contributed by atoms with Crippen LogP contribution in [0.4, 0.5) is 11.5 Å². The van der Waals surface area contributed by atoms with Gasteiger partial charge in [0.2, 0.25) is 0 Å². The maximum Gasteiger partial charge on any atom is 0.352 e. The number of benzene rings is 1. The third-order valence-corrected chi connectivity index (χ3v) is 3.71. The summed E-state index contributed by atoms with van der Waals surface area (Å²) in [5.41, 5.74) is 2.29. The molecule has 26 heavy (non-hydrogen) atoms. The van der Waals surface area contributed by atoms with Gasteiger partial charge in [-0.05, 0) is 39.8 Å². The van der Waals surface area contributed by atoms with E-state index in [-0.39, 0.29) is 18.4 Å². The Labute approximate surface area is 150 Å². The Morgan fingerprint density at radius 2 is 1.92 bits per heavy atom. The lowest BCUT2D eigenvalue weighted by molar-refractivity contribution is -0.148. The summed E-state index contributed by atoms with van der Waals surface area (Å²) in [5, 5.41) is 7.34. The molecule has 0 aliphatic heterocycles. The smallest absolute Gasteiger partial charge is 0.352 e. The third-order valence-electron chi connectivity index (χ3n) is 3.71. The maximum absolute atomic E-state index is 12.5. The third kappa shape index (κ3) is 3.74. The summed E-state index contributed by atoms with van der Waals surface area (Å²) < 4.78 is 7.50. The molecule has 1 aromatic carbocycles. The maximum atomic E-state index is 12.5. The van der Waals surface area contributed by atoms with Gasteiger partial charge in [-0.3, -0.25) is 4.79 Å². The molecule has 8 heteroatoms. The molecular weight excluding hydrogens is 334 g/mol. The predicted octanol–water partition coefficient (Wildman–Crippen LogP) is 2.20. The molecule has 2 heterocycles. The van der Waals surface area contributed by atoms with E-state index in [2.05, 4.69) is 15.4 Å². The highest BCUT2D eigenvalue weighted by molar-refractivity contribution is 5.69. The van der Waals surface area contributed by atoms with Crippen LogP contribution in [0.2, 0.25) is 0 Å². The number of aryl methyl sites for hydroxylation is 2. The first-order valence-electron chi connectivity index (χ1n) is 8.34. The van der Waals surface area contributed by atoms with Crippen LogP contribution in [0, 0.1) is 13.8 Å². The van der Waals surface area contributed by atoms with Gasteiger partial charge >= 0.3 is 11.7 Å². The monoisotopic (exact) mass is 355 g/mol. The fraction of sp³-hybridized carbons (Fsp3) is 0.333. The minimum Gasteiger partial charge on any atom is -0.462 e. The first-order valence-corrected chi connectivity index (χ1v) is 8.34. The predicted molar refractivity (Wildman–Crippen MR) is 97.7 cm³/mol. The zero-order valence-corrected chi connectivity index (χ0v) is 15.2. The van der Waals surface area contributed by atoms with Crippen LogP contribution in [-0.4, -0.2) is 31.2 Å². The van der Waals surface area contributed by atoms with Crippen molar-refractivity contribution in [3.63, 3.8) is 0 Å². The van der Waals surface area contributed by atoms with Crippen molar-refractivity contribution in [2.75, 3.05) is 5.32 Å². The van der Waals surface area contributed by atoms with Crippen molar-refractivity contribution in [2.45, 2.75) is 40.3 Å². The molecule has 1 N–H and O–H groups in total. The topological polar surface area (TPSA) is 90.5 Å². The number of nitrogens with zero attached hydrogens (tertiary/aromatic N) is 4. The number of fused-ring (bicyclic) bond motifs is 1. The molecule has 3 aromatic rings. The van der Waals surface area contributed by atoms with Crippen LogP contribution in [0.5, 0.6) is 0 Å². The standard InChI is InChI=1S/C18H21N5O3/c1-11(2)26-16(24)10-22-18(25)23-13(4)9-15(20-17(23)21-22)19-14-7-5-12(3)6-8-14/h5-9,11H,10H2,1-4H3,(H,19,20,21). The summed E-state index contributed by atoms with van der Waals surface area (Å²) in [6.45, 7) is 7.05. The molecule has 0 aliphatic rings. The van der Waals surface area contributed by atoms with Gasteiger partial charge in [0.1, 0.15) is 12.4 Å². The van der Waals surface area contributed by atoms with Crippen molar-refractivity contribution in [1.82, 2.24) is 19.2 Å². The van der Waals surface area contributed by atoms with Crippen LogP contribution in [0.3, 0.4) is 0 Å². The van der Waals surface area contributed by atoms with E-state index in [1.54, 1.807) is 26.8 Å². The Hall–Kier alpha value is -3.16. The number of rotatable bonds is 5. The normalized spacial score (nSPS) is 11.1. The summed E-state index contributed by atoms with van der Waals surface area (Å²) in [7, 11) is 0. The largest absolute Gasteiger partial charge is 0.462 e. The van der Waals surface area contributed by atoms with E-state index in [1.807, 2.05) is 31.2 Å². The van der Waals surface area contributed by atoms with Gasteiger partial charge in [0, 0.05) is 17.4 Å². The average molecular weight is 355 g/mol. The van der Waals surface area contributed by atoms with Gasteiger partial charge in [-0.15, -0.1) is 5.10 Å². The summed E-state index contributed by atoms with van der Waals surface area (Å²) in [5.74, 6) is 0.281. The van der Waals surface area contributed by atoms with Crippen LogP contribution in [0.15, 0.2) is 35.1 Å². The molecule has 0 saturated heterocycles. The molecule has 0 unspecified atom stereocenters. The highest BCUT2D eigenvalue weighted by Crippen LogP contribution is 2.16. The van der Waals surface area contributed by atoms with E-state index in [1.165, 1.54) is 4.40 Å². The number of carbonyl (C=O) groups is 1. The van der Waals surface area contributed by atoms with Crippen molar-refractivity contribution < 1.29 is 9.53 Å². The molecule has 0 saturated carbocycles. The molecule has 136 valence electrons. The number of carbonyl (C=O) groups excluding carboxylic acids is 1. The summed E-state index contributed by atoms with van der Waals surface area (Å²) >= 11 is 0. The highest BCUT2D eigenvalue weighted by atomic mass is 16.5. The molecule has 0 bridgehead atoms. The summed E-state index contributed by atoms with van der Waals surface area (Å²) in [6, 6.07) is 9.64. The first kappa shape index (κ1) is 17.7. The van der Waals surface area contributed by atoms with E-state index in [0.717, 1.165) is 15.9 Å². The second kappa shape index (κ2) is 6.99. The average Bonchev–Trinajstić information content (AvgIpc) is 2.85. The molecule has 0 aliphatic carbocycles. The molecule has 0 spiro atoms. The van der Waals surface area contributed by atoms with Gasteiger partial charge in [-0.1, -0.05) is 17.7 Å². The Bertz CT molecular complexity index is 1000. The summed E-state index contributed by atoms with van der Waals surface area (Å²) in [4.78, 5) is 28.7. The van der Waals surface area contributed by atoms with E-state index >= 15 is 0 Å². The number of esters is 1. The van der Waals surface area contributed by atoms with Crippen LogP contribution >= 0.6 is 0 Å². The number of hydrogen-bond acceptors (Lipinski definition) is 6. The molecule has 0 atom stereocenters. The van der Waals surface area contributed by atoms with Crippen molar-refractivity contribution >= 4 is 23.3 Å². The van der Waals surface area contributed by atoms with Gasteiger partial charge in [0.25, 0.3) is 5.78 Å². The minimum atomic E-state index is -0.513. The Morgan fingerprint density at radius 3 is 2.58 bits per heavy atom. The fourth-order valence-electron chi connectivity index (χ4n) is 2.55. The van der Waals surface area contributed by atoms with Crippen LogP contribution < -0.4 is 11.0 Å².